The summed E-state index contributed by atoms with van der Waals surface area (Å²) < 4.78 is 2.22. The molecule has 0 saturated carbocycles. The number of rotatable bonds is 5. The van der Waals surface area contributed by atoms with Gasteiger partial charge in [-0.15, -0.1) is 0 Å². The molecule has 1 N–H and O–H groups in total. The van der Waals surface area contributed by atoms with Crippen LogP contribution < -0.4 is 5.32 Å². The zero-order valence-corrected chi connectivity index (χ0v) is 13.0. The van der Waals surface area contributed by atoms with E-state index < -0.39 is 0 Å². The summed E-state index contributed by atoms with van der Waals surface area (Å²) in [5.74, 6) is 1.13. The monoisotopic (exact) mass is 271 g/mol. The average molecular weight is 271 g/mol. The number of hydrogen-bond acceptors (Lipinski definition) is 2. The molecule has 0 spiro atoms. The lowest BCUT2D eigenvalue weighted by molar-refractivity contribution is 0.590. The molecule has 0 amide bonds. The Morgan fingerprint density at radius 3 is 2.45 bits per heavy atom. The van der Waals surface area contributed by atoms with Gasteiger partial charge < -0.3 is 9.88 Å². The number of aromatic nitrogens is 2. The van der Waals surface area contributed by atoms with Crippen molar-refractivity contribution in [1.29, 1.82) is 0 Å². The van der Waals surface area contributed by atoms with Gasteiger partial charge >= 0.3 is 0 Å². The number of nitrogens with one attached hydrogen (secondary N) is 1. The van der Waals surface area contributed by atoms with Crippen molar-refractivity contribution in [2.75, 3.05) is 13.6 Å². The number of likely N-dealkylation sites (N-methyl/N-ethyl adjacent to an activating group) is 1. The Hall–Kier alpha value is -1.61. The van der Waals surface area contributed by atoms with Crippen LogP contribution in [0.2, 0.25) is 0 Å². The van der Waals surface area contributed by atoms with Gasteiger partial charge in [0.2, 0.25) is 0 Å². The predicted octanol–water partition coefficient (Wildman–Crippen LogP) is 2.99. The maximum atomic E-state index is 4.47. The molecule has 3 nitrogen and oxygen atoms in total. The molecule has 0 aliphatic carbocycles. The van der Waals surface area contributed by atoms with Crippen LogP contribution in [0.25, 0.3) is 0 Å². The average Bonchev–Trinajstić information content (AvgIpc) is 2.83. The van der Waals surface area contributed by atoms with Crippen LogP contribution in [0.4, 0.5) is 0 Å². The molecular weight excluding hydrogens is 246 g/mol. The first-order valence-electron chi connectivity index (χ1n) is 7.25. The third-order valence-electron chi connectivity index (χ3n) is 3.59. The summed E-state index contributed by atoms with van der Waals surface area (Å²) in [7, 11) is 1.97. The molecular formula is C17H25N3. The SMILES string of the molecule is CNCCn1ccnc1Cc1ccc(C(C)(C)C)cc1. The van der Waals surface area contributed by atoms with Crippen LogP contribution in [0, 0.1) is 0 Å². The molecule has 0 bridgehead atoms. The zero-order valence-electron chi connectivity index (χ0n) is 13.0. The van der Waals surface area contributed by atoms with Crippen LogP contribution in [-0.4, -0.2) is 23.1 Å². The van der Waals surface area contributed by atoms with Crippen molar-refractivity contribution >= 4 is 0 Å². The molecule has 1 aromatic heterocycles. The molecule has 3 heteroatoms. The quantitative estimate of drug-likeness (QED) is 0.906. The zero-order chi connectivity index (χ0) is 14.6. The molecule has 0 aliphatic rings. The molecule has 0 radical (unpaired) electrons. The summed E-state index contributed by atoms with van der Waals surface area (Å²) in [5, 5.41) is 3.17. The lowest BCUT2D eigenvalue weighted by atomic mass is 9.86. The van der Waals surface area contributed by atoms with E-state index in [9.17, 15) is 0 Å². The molecule has 0 atom stereocenters. The van der Waals surface area contributed by atoms with E-state index in [1.807, 2.05) is 13.2 Å². The molecule has 20 heavy (non-hydrogen) atoms. The largest absolute Gasteiger partial charge is 0.333 e. The van der Waals surface area contributed by atoms with E-state index in [4.69, 9.17) is 0 Å². The minimum Gasteiger partial charge on any atom is -0.333 e. The molecule has 1 aromatic carbocycles. The van der Waals surface area contributed by atoms with Crippen LogP contribution in [0.1, 0.15) is 37.7 Å². The van der Waals surface area contributed by atoms with E-state index in [-0.39, 0.29) is 5.41 Å². The molecule has 0 aliphatic heterocycles. The van der Waals surface area contributed by atoms with Gasteiger partial charge in [0.15, 0.2) is 0 Å². The number of hydrogen-bond donors (Lipinski definition) is 1. The molecule has 2 aromatic rings. The summed E-state index contributed by atoms with van der Waals surface area (Å²) in [4.78, 5) is 4.47. The van der Waals surface area contributed by atoms with Crippen molar-refractivity contribution in [3.05, 3.63) is 53.6 Å². The van der Waals surface area contributed by atoms with E-state index in [0.717, 1.165) is 25.3 Å². The summed E-state index contributed by atoms with van der Waals surface area (Å²) in [5.41, 5.74) is 2.90. The highest BCUT2D eigenvalue weighted by Gasteiger charge is 2.13. The Morgan fingerprint density at radius 2 is 1.85 bits per heavy atom. The second kappa shape index (κ2) is 6.23. The van der Waals surface area contributed by atoms with Gasteiger partial charge in [-0.25, -0.2) is 4.98 Å². The van der Waals surface area contributed by atoms with Crippen molar-refractivity contribution in [3.8, 4) is 0 Å². The van der Waals surface area contributed by atoms with Crippen LogP contribution in [-0.2, 0) is 18.4 Å². The highest BCUT2D eigenvalue weighted by atomic mass is 15.1. The van der Waals surface area contributed by atoms with Crippen molar-refractivity contribution in [3.63, 3.8) is 0 Å². The van der Waals surface area contributed by atoms with Gasteiger partial charge in [0, 0.05) is 31.9 Å². The fourth-order valence-electron chi connectivity index (χ4n) is 2.25. The number of imidazole rings is 1. The summed E-state index contributed by atoms with van der Waals surface area (Å²) in [6, 6.07) is 8.90. The standard InChI is InChI=1S/C17H25N3/c1-17(2,3)15-7-5-14(6-8-15)13-16-19-10-12-20(16)11-9-18-4/h5-8,10,12,18H,9,11,13H2,1-4H3. The van der Waals surface area contributed by atoms with E-state index in [2.05, 4.69) is 66.1 Å². The molecule has 0 fully saturated rings. The lowest BCUT2D eigenvalue weighted by Crippen LogP contribution is -2.16. The Balaban J connectivity index is 2.09. The smallest absolute Gasteiger partial charge is 0.113 e. The first kappa shape index (κ1) is 14.8. The van der Waals surface area contributed by atoms with Gasteiger partial charge in [0.05, 0.1) is 0 Å². The number of benzene rings is 1. The highest BCUT2D eigenvalue weighted by Crippen LogP contribution is 2.22. The first-order chi connectivity index (χ1) is 9.50. The molecule has 0 unspecified atom stereocenters. The van der Waals surface area contributed by atoms with Crippen molar-refractivity contribution in [2.45, 2.75) is 39.2 Å². The predicted molar refractivity (Wildman–Crippen MR) is 84.1 cm³/mol. The van der Waals surface area contributed by atoms with E-state index >= 15 is 0 Å². The third kappa shape index (κ3) is 3.70. The van der Waals surface area contributed by atoms with Gasteiger partial charge in [0.25, 0.3) is 0 Å². The van der Waals surface area contributed by atoms with E-state index in [1.165, 1.54) is 11.1 Å². The fourth-order valence-corrected chi connectivity index (χ4v) is 2.25. The summed E-state index contributed by atoms with van der Waals surface area (Å²) in [6.07, 6.45) is 4.83. The van der Waals surface area contributed by atoms with E-state index in [0.29, 0.717) is 0 Å². The Bertz CT molecular complexity index is 532. The molecule has 2 rings (SSSR count). The maximum Gasteiger partial charge on any atom is 0.113 e. The topological polar surface area (TPSA) is 29.9 Å². The fraction of sp³-hybridized carbons (Fsp3) is 0.471. The van der Waals surface area contributed by atoms with E-state index in [1.54, 1.807) is 0 Å². The van der Waals surface area contributed by atoms with Gasteiger partial charge in [-0.2, -0.15) is 0 Å². The van der Waals surface area contributed by atoms with Gasteiger partial charge in [-0.3, -0.25) is 0 Å². The number of nitrogens with zero attached hydrogens (tertiary/aromatic N) is 2. The van der Waals surface area contributed by atoms with Crippen LogP contribution in [0.5, 0.6) is 0 Å². The second-order valence-corrected chi connectivity index (χ2v) is 6.26. The Morgan fingerprint density at radius 1 is 1.15 bits per heavy atom. The normalized spacial score (nSPS) is 11.8. The molecule has 108 valence electrons. The van der Waals surface area contributed by atoms with Crippen LogP contribution in [0.15, 0.2) is 36.7 Å². The minimum atomic E-state index is 0.212. The Labute approximate surface area is 122 Å². The summed E-state index contributed by atoms with van der Waals surface area (Å²) in [6.45, 7) is 8.66. The van der Waals surface area contributed by atoms with Gasteiger partial charge in [-0.05, 0) is 23.6 Å². The highest BCUT2D eigenvalue weighted by molar-refractivity contribution is 5.29. The van der Waals surface area contributed by atoms with Crippen LogP contribution in [0.3, 0.4) is 0 Å². The lowest BCUT2D eigenvalue weighted by Gasteiger charge is -2.19. The maximum absolute atomic E-state index is 4.47. The van der Waals surface area contributed by atoms with Crippen LogP contribution >= 0.6 is 0 Å². The van der Waals surface area contributed by atoms with Gasteiger partial charge in [-0.1, -0.05) is 45.0 Å². The van der Waals surface area contributed by atoms with Crippen molar-refractivity contribution in [2.24, 2.45) is 0 Å². The minimum absolute atomic E-state index is 0.212. The van der Waals surface area contributed by atoms with Gasteiger partial charge in [0.1, 0.15) is 5.82 Å². The summed E-state index contributed by atoms with van der Waals surface area (Å²) >= 11 is 0. The molecule has 0 saturated heterocycles. The Kier molecular flexibility index (Phi) is 4.61. The van der Waals surface area contributed by atoms with Crippen molar-refractivity contribution < 1.29 is 0 Å². The molecule has 1 heterocycles. The van der Waals surface area contributed by atoms with Crippen molar-refractivity contribution in [1.82, 2.24) is 14.9 Å². The third-order valence-corrected chi connectivity index (χ3v) is 3.59. The second-order valence-electron chi connectivity index (χ2n) is 6.26. The first-order valence-corrected chi connectivity index (χ1v) is 7.25.